The van der Waals surface area contributed by atoms with E-state index in [0.29, 0.717) is 0 Å². The third kappa shape index (κ3) is 3.55. The fraction of sp³-hybridized carbons (Fsp3) is 0.368. The highest BCUT2D eigenvalue weighted by Gasteiger charge is 2.23. The molecule has 1 aliphatic heterocycles. The van der Waals surface area contributed by atoms with Crippen LogP contribution in [0.15, 0.2) is 52.3 Å². The van der Waals surface area contributed by atoms with Crippen molar-refractivity contribution in [2.75, 3.05) is 32.1 Å². The summed E-state index contributed by atoms with van der Waals surface area (Å²) in [5, 5.41) is 10.3. The van der Waals surface area contributed by atoms with E-state index in [-0.39, 0.29) is 5.56 Å². The van der Waals surface area contributed by atoms with E-state index in [2.05, 4.69) is 15.9 Å². The molecule has 0 aliphatic carbocycles. The Hall–Kier alpha value is -1.49. The van der Waals surface area contributed by atoms with Crippen molar-refractivity contribution in [3.8, 4) is 0 Å². The van der Waals surface area contributed by atoms with E-state index in [1.54, 1.807) is 23.9 Å². The molecule has 2 aromatic carbocycles. The summed E-state index contributed by atoms with van der Waals surface area (Å²) in [6.45, 7) is -1.13. The van der Waals surface area contributed by atoms with Crippen molar-refractivity contribution in [3.05, 3.63) is 48.0 Å². The van der Waals surface area contributed by atoms with Gasteiger partial charge in [-0.15, -0.1) is 0 Å². The van der Waals surface area contributed by atoms with Gasteiger partial charge in [0.2, 0.25) is 0 Å². The average molecular weight is 333 g/mol. The molecule has 3 rings (SSSR count). The number of rotatable bonds is 5. The number of fused-ring (bicyclic) bond motifs is 2. The molecule has 0 bridgehead atoms. The molecule has 1 aliphatic rings. The number of nitrogens with zero attached hydrogens (tertiary/aromatic N) is 2. The number of benzene rings is 2. The van der Waals surface area contributed by atoms with E-state index in [9.17, 15) is 5.11 Å². The Morgan fingerprint density at radius 1 is 1.22 bits per heavy atom. The third-order valence-corrected chi connectivity index (χ3v) is 5.02. The number of hydrogen-bond donors (Lipinski definition) is 1. The highest BCUT2D eigenvalue weighted by atomic mass is 32.2. The maximum Gasteiger partial charge on any atom is 0.0762 e. The summed E-state index contributed by atoms with van der Waals surface area (Å²) in [6, 6.07) is 13.1. The molecule has 2 aromatic rings. The van der Waals surface area contributed by atoms with E-state index in [1.807, 2.05) is 32.3 Å². The van der Waals surface area contributed by atoms with Gasteiger partial charge in [-0.2, -0.15) is 0 Å². The number of hydrogen-bond acceptors (Lipinski definition) is 4. The van der Waals surface area contributed by atoms with Crippen molar-refractivity contribution in [3.63, 3.8) is 0 Å². The first kappa shape index (κ1) is 12.0. The van der Waals surface area contributed by atoms with Crippen molar-refractivity contribution in [1.82, 2.24) is 4.90 Å². The van der Waals surface area contributed by atoms with Crippen LogP contribution in [0.2, 0.25) is 0 Å². The molecule has 1 atom stereocenters. The van der Waals surface area contributed by atoms with Crippen molar-refractivity contribution < 1.29 is 10.6 Å². The minimum Gasteiger partial charge on any atom is -0.389 e. The smallest absolute Gasteiger partial charge is 0.0762 e. The van der Waals surface area contributed by atoms with Crippen LogP contribution in [-0.2, 0) is 0 Å². The molecule has 1 heterocycles. The summed E-state index contributed by atoms with van der Waals surface area (Å²) >= 11 is 1.62. The SMILES string of the molecule is [2H]C([2H])([2H])C([2H])(O)c1ccc2c(c1)N(CCCN(C)C)c1ccccc1S2. The quantitative estimate of drug-likeness (QED) is 0.883. The number of para-hydroxylation sites is 1. The lowest BCUT2D eigenvalue weighted by molar-refractivity contribution is 0.199. The van der Waals surface area contributed by atoms with Crippen LogP contribution in [0.4, 0.5) is 11.4 Å². The van der Waals surface area contributed by atoms with Crippen LogP contribution in [0.1, 0.15) is 30.4 Å². The van der Waals surface area contributed by atoms with Gasteiger partial charge in [-0.3, -0.25) is 0 Å². The fourth-order valence-corrected chi connectivity index (χ4v) is 3.84. The van der Waals surface area contributed by atoms with Gasteiger partial charge < -0.3 is 14.9 Å². The van der Waals surface area contributed by atoms with Gasteiger partial charge in [-0.05, 0) is 63.7 Å². The number of anilines is 2. The molecule has 23 heavy (non-hydrogen) atoms. The molecule has 1 N–H and O–H groups in total. The van der Waals surface area contributed by atoms with Crippen LogP contribution in [0.3, 0.4) is 0 Å². The monoisotopic (exact) mass is 332 g/mol. The lowest BCUT2D eigenvalue weighted by Crippen LogP contribution is -2.25. The van der Waals surface area contributed by atoms with E-state index in [1.165, 1.54) is 6.07 Å². The van der Waals surface area contributed by atoms with Crippen LogP contribution in [0.5, 0.6) is 0 Å². The van der Waals surface area contributed by atoms with Crippen LogP contribution in [-0.4, -0.2) is 37.2 Å². The van der Waals surface area contributed by atoms with Gasteiger partial charge in [-0.25, -0.2) is 0 Å². The Balaban J connectivity index is 2.02. The molecule has 1 unspecified atom stereocenters. The van der Waals surface area contributed by atoms with Gasteiger partial charge >= 0.3 is 0 Å². The van der Waals surface area contributed by atoms with Crippen molar-refractivity contribution in [2.24, 2.45) is 0 Å². The summed E-state index contributed by atoms with van der Waals surface area (Å²) in [4.78, 5) is 6.41. The van der Waals surface area contributed by atoms with E-state index < -0.39 is 12.9 Å². The van der Waals surface area contributed by atoms with Gasteiger partial charge in [0.05, 0.1) is 18.8 Å². The summed E-state index contributed by atoms with van der Waals surface area (Å²) in [5.74, 6) is 0. The Morgan fingerprint density at radius 2 is 2.00 bits per heavy atom. The molecule has 0 saturated carbocycles. The Morgan fingerprint density at radius 3 is 2.78 bits per heavy atom. The topological polar surface area (TPSA) is 26.7 Å². The summed E-state index contributed by atoms with van der Waals surface area (Å²) < 4.78 is 30.5. The second kappa shape index (κ2) is 6.95. The first-order valence-corrected chi connectivity index (χ1v) is 8.49. The largest absolute Gasteiger partial charge is 0.389 e. The van der Waals surface area contributed by atoms with Gasteiger partial charge in [0, 0.05) is 20.4 Å². The van der Waals surface area contributed by atoms with Crippen LogP contribution in [0.25, 0.3) is 0 Å². The maximum atomic E-state index is 10.3. The van der Waals surface area contributed by atoms with E-state index in [0.717, 1.165) is 40.7 Å². The van der Waals surface area contributed by atoms with Gasteiger partial charge in [0.15, 0.2) is 0 Å². The lowest BCUT2D eigenvalue weighted by Gasteiger charge is -2.33. The zero-order valence-corrected chi connectivity index (χ0v) is 14.2. The molecule has 3 nitrogen and oxygen atoms in total. The number of aliphatic hydroxyl groups is 1. The highest BCUT2D eigenvalue weighted by molar-refractivity contribution is 7.99. The van der Waals surface area contributed by atoms with Gasteiger partial charge in [0.1, 0.15) is 0 Å². The highest BCUT2D eigenvalue weighted by Crippen LogP contribution is 2.48. The predicted octanol–water partition coefficient (Wildman–Crippen LogP) is 4.29. The van der Waals surface area contributed by atoms with Gasteiger partial charge in [0.25, 0.3) is 0 Å². The van der Waals surface area contributed by atoms with Crippen LogP contribution < -0.4 is 4.90 Å². The Labute approximate surface area is 148 Å². The molecule has 4 heteroatoms. The van der Waals surface area contributed by atoms with E-state index in [4.69, 9.17) is 5.48 Å². The average Bonchev–Trinajstić information content (AvgIpc) is 2.59. The zero-order valence-electron chi connectivity index (χ0n) is 17.4. The standard InChI is InChI=1S/C19H24N2OS/c1-14(22)15-9-10-19-17(13-15)21(12-6-11-20(2)3)16-7-4-5-8-18(16)23-19/h4-5,7-10,13-14,22H,6,11-12H2,1-3H3/i1D3,14D. The van der Waals surface area contributed by atoms with Crippen molar-refractivity contribution in [2.45, 2.75) is 29.1 Å². The first-order valence-electron chi connectivity index (χ1n) is 9.67. The molecule has 122 valence electrons. The van der Waals surface area contributed by atoms with Gasteiger partial charge in [-0.1, -0.05) is 30.0 Å². The molecule has 0 spiro atoms. The summed E-state index contributed by atoms with van der Waals surface area (Å²) in [6.07, 6.45) is -1.71. The first-order chi connectivity index (χ1) is 12.6. The molecule has 0 amide bonds. The normalized spacial score (nSPS) is 19.0. The van der Waals surface area contributed by atoms with Crippen molar-refractivity contribution in [1.29, 1.82) is 0 Å². The molecule has 0 saturated heterocycles. The predicted molar refractivity (Wildman–Crippen MR) is 97.8 cm³/mol. The van der Waals surface area contributed by atoms with Crippen LogP contribution in [0, 0.1) is 0 Å². The summed E-state index contributed by atoms with van der Waals surface area (Å²) in [7, 11) is 4.06. The minimum absolute atomic E-state index is 0.0823. The Kier molecular flexibility index (Phi) is 3.61. The molecular weight excluding hydrogens is 304 g/mol. The summed E-state index contributed by atoms with van der Waals surface area (Å²) in [5.41, 5.74) is 1.98. The van der Waals surface area contributed by atoms with Crippen LogP contribution >= 0.6 is 11.8 Å². The van der Waals surface area contributed by atoms with E-state index >= 15 is 0 Å². The maximum absolute atomic E-state index is 10.3. The minimum atomic E-state index is -2.82. The second-order valence-electron chi connectivity index (χ2n) is 5.91. The molecule has 0 aromatic heterocycles. The lowest BCUT2D eigenvalue weighted by atomic mass is 10.1. The fourth-order valence-electron chi connectivity index (χ4n) is 2.76. The third-order valence-electron chi connectivity index (χ3n) is 3.89. The van der Waals surface area contributed by atoms with Crippen molar-refractivity contribution >= 4 is 23.1 Å². The zero-order chi connectivity index (χ0) is 19.8. The molecule has 0 radical (unpaired) electrons. The molecular formula is C19H24N2OS. The second-order valence-corrected chi connectivity index (χ2v) is 6.99. The molecule has 0 fully saturated rings. The Bertz CT molecular complexity index is 824.